The molecule has 2 atom stereocenters. The van der Waals surface area contributed by atoms with Crippen LogP contribution in [0.2, 0.25) is 5.02 Å². The predicted octanol–water partition coefficient (Wildman–Crippen LogP) is 3.29. The summed E-state index contributed by atoms with van der Waals surface area (Å²) in [5.74, 6) is 0.413. The lowest BCUT2D eigenvalue weighted by atomic mass is 10.0. The van der Waals surface area contributed by atoms with Crippen LogP contribution in [0.5, 0.6) is 5.75 Å². The normalized spacial score (nSPS) is 21.6. The second-order valence-corrected chi connectivity index (χ2v) is 9.27. The van der Waals surface area contributed by atoms with Gasteiger partial charge in [0.25, 0.3) is 0 Å². The maximum Gasteiger partial charge on any atom is 0.184 e. The van der Waals surface area contributed by atoms with E-state index < -0.39 is 9.84 Å². The summed E-state index contributed by atoms with van der Waals surface area (Å²) in [6, 6.07) is 5.06. The molecule has 2 aromatic rings. The molecule has 5 nitrogen and oxygen atoms in total. The van der Waals surface area contributed by atoms with E-state index in [1.54, 1.807) is 23.7 Å². The Morgan fingerprint density at radius 1 is 1.46 bits per heavy atom. The first-order chi connectivity index (χ1) is 11.4. The summed E-state index contributed by atoms with van der Waals surface area (Å²) < 4.78 is 30.9. The van der Waals surface area contributed by atoms with Crippen LogP contribution in [0.1, 0.15) is 24.8 Å². The van der Waals surface area contributed by atoms with E-state index in [2.05, 4.69) is 17.2 Å². The number of benzene rings is 1. The molecule has 130 valence electrons. The Bertz CT molecular complexity index is 794. The Morgan fingerprint density at radius 3 is 2.96 bits per heavy atom. The second kappa shape index (κ2) is 7.39. The Hall–Kier alpha value is -1.15. The van der Waals surface area contributed by atoms with Crippen molar-refractivity contribution in [3.8, 4) is 5.75 Å². The van der Waals surface area contributed by atoms with Crippen molar-refractivity contribution in [2.24, 2.45) is 0 Å². The number of nitrogens with one attached hydrogen (secondary N) is 1. The third-order valence-electron chi connectivity index (χ3n) is 3.93. The molecule has 1 N–H and O–H groups in total. The number of rotatable bonds is 5. The Kier molecular flexibility index (Phi) is 5.44. The molecule has 1 unspecified atom stereocenters. The molecular formula is C16H19ClN2O3S2. The Morgan fingerprint density at radius 2 is 2.29 bits per heavy atom. The summed E-state index contributed by atoms with van der Waals surface area (Å²) in [6.45, 7) is 3.02. The van der Waals surface area contributed by atoms with Crippen LogP contribution < -0.4 is 10.1 Å². The molecule has 8 heteroatoms. The van der Waals surface area contributed by atoms with Gasteiger partial charge in [-0.15, -0.1) is 11.3 Å². The lowest BCUT2D eigenvalue weighted by molar-refractivity contribution is 0.144. The largest absolute Gasteiger partial charge is 0.489 e. The fourth-order valence-electron chi connectivity index (χ4n) is 2.71. The summed E-state index contributed by atoms with van der Waals surface area (Å²) in [5.41, 5.74) is 0. The Balaban J connectivity index is 1.74. The minimum Gasteiger partial charge on any atom is -0.489 e. The predicted molar refractivity (Wildman–Crippen MR) is 95.6 cm³/mol. The van der Waals surface area contributed by atoms with Crippen LogP contribution in [-0.4, -0.2) is 32.1 Å². The first-order valence-electron chi connectivity index (χ1n) is 7.75. The van der Waals surface area contributed by atoms with Gasteiger partial charge in [0.1, 0.15) is 22.6 Å². The summed E-state index contributed by atoms with van der Waals surface area (Å²) in [5, 5.41) is 6.01. The standard InChI is InChI=1S/C16H19ClN2O3S2/c1-11-8-12(4-5-18-11)22-15-3-2-13(9-14(15)17)24(20,21)10-16-19-6-7-23-16/h2-3,6-7,9,11-12,18H,4-5,8,10H2,1H3/t11-,12?/m0/s1. The van der Waals surface area contributed by atoms with Gasteiger partial charge in [-0.1, -0.05) is 11.6 Å². The molecular weight excluding hydrogens is 368 g/mol. The molecule has 1 aliphatic rings. The molecule has 2 heterocycles. The topological polar surface area (TPSA) is 68.3 Å². The molecule has 1 saturated heterocycles. The van der Waals surface area contributed by atoms with Crippen LogP contribution in [0.15, 0.2) is 34.7 Å². The highest BCUT2D eigenvalue weighted by molar-refractivity contribution is 7.90. The number of thiazole rings is 1. The van der Waals surface area contributed by atoms with Crippen LogP contribution >= 0.6 is 22.9 Å². The summed E-state index contributed by atoms with van der Waals surface area (Å²) in [6.07, 6.45) is 3.50. The van der Waals surface area contributed by atoms with E-state index in [0.29, 0.717) is 21.8 Å². The van der Waals surface area contributed by atoms with Crippen LogP contribution in [0.25, 0.3) is 0 Å². The van der Waals surface area contributed by atoms with Crippen molar-refractivity contribution in [2.75, 3.05) is 6.54 Å². The fourth-order valence-corrected chi connectivity index (χ4v) is 5.28. The van der Waals surface area contributed by atoms with Crippen molar-refractivity contribution in [3.63, 3.8) is 0 Å². The van der Waals surface area contributed by atoms with Gasteiger partial charge in [-0.25, -0.2) is 13.4 Å². The van der Waals surface area contributed by atoms with Crippen LogP contribution in [0, 0.1) is 0 Å². The van der Waals surface area contributed by atoms with Gasteiger partial charge in [-0.2, -0.15) is 0 Å². The molecule has 0 bridgehead atoms. The Labute approximate surface area is 150 Å². The maximum absolute atomic E-state index is 12.5. The fraction of sp³-hybridized carbons (Fsp3) is 0.438. The van der Waals surface area contributed by atoms with Gasteiger partial charge in [0, 0.05) is 17.6 Å². The number of sulfone groups is 1. The smallest absolute Gasteiger partial charge is 0.184 e. The van der Waals surface area contributed by atoms with Gasteiger partial charge in [0.05, 0.1) is 9.92 Å². The van der Waals surface area contributed by atoms with Crippen molar-refractivity contribution in [3.05, 3.63) is 39.8 Å². The zero-order chi connectivity index (χ0) is 17.2. The van der Waals surface area contributed by atoms with E-state index in [4.69, 9.17) is 16.3 Å². The molecule has 1 aromatic heterocycles. The third-order valence-corrected chi connectivity index (χ3v) is 6.81. The highest BCUT2D eigenvalue weighted by Gasteiger charge is 2.22. The van der Waals surface area contributed by atoms with Gasteiger partial charge in [0.15, 0.2) is 9.84 Å². The van der Waals surface area contributed by atoms with E-state index in [1.807, 2.05) is 0 Å². The number of ether oxygens (including phenoxy) is 1. The van der Waals surface area contributed by atoms with E-state index in [1.165, 1.54) is 17.4 Å². The van der Waals surface area contributed by atoms with Crippen LogP contribution in [0.4, 0.5) is 0 Å². The average Bonchev–Trinajstić information content (AvgIpc) is 3.01. The summed E-state index contributed by atoms with van der Waals surface area (Å²) >= 11 is 7.58. The molecule has 1 aromatic carbocycles. The lowest BCUT2D eigenvalue weighted by Gasteiger charge is -2.28. The molecule has 3 rings (SSSR count). The zero-order valence-corrected chi connectivity index (χ0v) is 15.6. The summed E-state index contributed by atoms with van der Waals surface area (Å²) in [4.78, 5) is 4.22. The van der Waals surface area contributed by atoms with E-state index in [0.717, 1.165) is 19.4 Å². The highest BCUT2D eigenvalue weighted by Crippen LogP contribution is 2.31. The van der Waals surface area contributed by atoms with Crippen molar-refractivity contribution < 1.29 is 13.2 Å². The molecule has 24 heavy (non-hydrogen) atoms. The number of piperidine rings is 1. The molecule has 1 aliphatic heterocycles. The molecule has 0 aliphatic carbocycles. The van der Waals surface area contributed by atoms with Gasteiger partial charge >= 0.3 is 0 Å². The quantitative estimate of drug-likeness (QED) is 0.853. The number of hydrogen-bond donors (Lipinski definition) is 1. The number of nitrogens with zero attached hydrogens (tertiary/aromatic N) is 1. The number of aromatic nitrogens is 1. The molecule has 1 fully saturated rings. The van der Waals surface area contributed by atoms with Crippen molar-refractivity contribution in [1.29, 1.82) is 0 Å². The minimum atomic E-state index is -3.47. The molecule has 0 radical (unpaired) electrons. The average molecular weight is 387 g/mol. The van der Waals surface area contributed by atoms with Crippen LogP contribution in [0.3, 0.4) is 0 Å². The third kappa shape index (κ3) is 4.27. The van der Waals surface area contributed by atoms with Gasteiger partial charge in [-0.3, -0.25) is 0 Å². The highest BCUT2D eigenvalue weighted by atomic mass is 35.5. The number of hydrogen-bond acceptors (Lipinski definition) is 6. The van der Waals surface area contributed by atoms with Crippen molar-refractivity contribution in [2.45, 2.75) is 42.6 Å². The minimum absolute atomic E-state index is 0.0940. The van der Waals surface area contributed by atoms with E-state index >= 15 is 0 Å². The second-order valence-electron chi connectivity index (χ2n) is 5.90. The molecule has 0 amide bonds. The van der Waals surface area contributed by atoms with Crippen LogP contribution in [-0.2, 0) is 15.6 Å². The van der Waals surface area contributed by atoms with E-state index in [-0.39, 0.29) is 16.8 Å². The van der Waals surface area contributed by atoms with Crippen molar-refractivity contribution in [1.82, 2.24) is 10.3 Å². The SMILES string of the molecule is C[C@H]1CC(Oc2ccc(S(=O)(=O)Cc3nccs3)cc2Cl)CCN1. The number of halogens is 1. The lowest BCUT2D eigenvalue weighted by Crippen LogP contribution is -2.40. The van der Waals surface area contributed by atoms with E-state index in [9.17, 15) is 8.42 Å². The zero-order valence-electron chi connectivity index (χ0n) is 13.2. The monoisotopic (exact) mass is 386 g/mol. The van der Waals surface area contributed by atoms with Gasteiger partial charge < -0.3 is 10.1 Å². The maximum atomic E-state index is 12.5. The summed E-state index contributed by atoms with van der Waals surface area (Å²) in [7, 11) is -3.47. The van der Waals surface area contributed by atoms with Gasteiger partial charge in [0.2, 0.25) is 0 Å². The molecule has 0 saturated carbocycles. The molecule has 0 spiro atoms. The first-order valence-corrected chi connectivity index (χ1v) is 10.7. The van der Waals surface area contributed by atoms with Gasteiger partial charge in [-0.05, 0) is 44.5 Å². The first kappa shape index (κ1) is 17.7. The van der Waals surface area contributed by atoms with Crippen molar-refractivity contribution >= 4 is 32.8 Å².